The summed E-state index contributed by atoms with van der Waals surface area (Å²) in [4.78, 5) is 28.6. The van der Waals surface area contributed by atoms with Crippen LogP contribution in [-0.4, -0.2) is 49.4 Å². The highest BCUT2D eigenvalue weighted by atomic mass is 35.5. The van der Waals surface area contributed by atoms with Gasteiger partial charge in [0, 0.05) is 35.3 Å². The van der Waals surface area contributed by atoms with Crippen LogP contribution in [0.25, 0.3) is 17.3 Å². The Kier molecular flexibility index (Phi) is 10.3. The molecule has 3 rings (SSSR count). The number of carbonyl (C=O) groups excluding carboxylic acids is 1. The Labute approximate surface area is 228 Å². The summed E-state index contributed by atoms with van der Waals surface area (Å²) < 4.78 is 15.9. The summed E-state index contributed by atoms with van der Waals surface area (Å²) in [6.45, 7) is 3.33. The zero-order valence-corrected chi connectivity index (χ0v) is 22.8. The van der Waals surface area contributed by atoms with Crippen molar-refractivity contribution in [2.75, 3.05) is 32.8 Å². The van der Waals surface area contributed by atoms with E-state index < -0.39 is 11.9 Å². The van der Waals surface area contributed by atoms with Gasteiger partial charge in [-0.1, -0.05) is 35.3 Å². The van der Waals surface area contributed by atoms with Crippen molar-refractivity contribution in [2.24, 2.45) is 0 Å². The molecule has 0 bridgehead atoms. The van der Waals surface area contributed by atoms with Crippen molar-refractivity contribution in [2.45, 2.75) is 19.8 Å². The van der Waals surface area contributed by atoms with Crippen molar-refractivity contribution >= 4 is 57.6 Å². The molecule has 1 aromatic heterocycles. The van der Waals surface area contributed by atoms with Gasteiger partial charge in [-0.2, -0.15) is 0 Å². The number of thiazole rings is 1. The first-order valence-corrected chi connectivity index (χ1v) is 12.9. The summed E-state index contributed by atoms with van der Waals surface area (Å²) in [5.74, 6) is -1.35. The number of amides is 1. The SMILES string of the molecule is CCOCCCc1cccc(-c2csc(NC(=O)c3cc(Cl)c(/C=C(\OC)C(=O)O)c(Cl)c3)n2)c1OC. The smallest absolute Gasteiger partial charge is 0.371 e. The Hall–Kier alpha value is -3.11. The maximum Gasteiger partial charge on any atom is 0.371 e. The van der Waals surface area contributed by atoms with E-state index in [0.29, 0.717) is 24.0 Å². The second-order valence-electron chi connectivity index (χ2n) is 7.66. The molecule has 37 heavy (non-hydrogen) atoms. The van der Waals surface area contributed by atoms with E-state index in [1.54, 1.807) is 7.11 Å². The summed E-state index contributed by atoms with van der Waals surface area (Å²) in [7, 11) is 2.85. The third kappa shape index (κ3) is 7.23. The van der Waals surface area contributed by atoms with Crippen molar-refractivity contribution in [1.82, 2.24) is 4.98 Å². The van der Waals surface area contributed by atoms with Crippen molar-refractivity contribution in [3.05, 3.63) is 68.2 Å². The lowest BCUT2D eigenvalue weighted by Gasteiger charge is -2.12. The number of aromatic nitrogens is 1. The maximum absolute atomic E-state index is 12.9. The Bertz CT molecular complexity index is 1280. The van der Waals surface area contributed by atoms with E-state index in [1.165, 1.54) is 36.7 Å². The minimum atomic E-state index is -1.27. The minimum Gasteiger partial charge on any atom is -0.496 e. The van der Waals surface area contributed by atoms with Gasteiger partial charge in [0.25, 0.3) is 5.91 Å². The number of hydrogen-bond donors (Lipinski definition) is 2. The first-order valence-electron chi connectivity index (χ1n) is 11.3. The number of ether oxygens (including phenoxy) is 3. The molecule has 0 aliphatic heterocycles. The third-order valence-electron chi connectivity index (χ3n) is 5.29. The second kappa shape index (κ2) is 13.4. The highest BCUT2D eigenvalue weighted by Gasteiger charge is 2.18. The van der Waals surface area contributed by atoms with Crippen LogP contribution in [0.2, 0.25) is 10.0 Å². The highest BCUT2D eigenvalue weighted by Crippen LogP contribution is 2.36. The zero-order valence-electron chi connectivity index (χ0n) is 20.5. The molecule has 0 aliphatic rings. The Morgan fingerprint density at radius 2 is 1.92 bits per heavy atom. The van der Waals surface area contributed by atoms with Crippen LogP contribution in [0.1, 0.15) is 34.8 Å². The van der Waals surface area contributed by atoms with E-state index in [0.717, 1.165) is 29.7 Å². The summed E-state index contributed by atoms with van der Waals surface area (Å²) >= 11 is 13.8. The molecule has 8 nitrogen and oxygen atoms in total. The average Bonchev–Trinajstić information content (AvgIpc) is 3.34. The monoisotopic (exact) mass is 564 g/mol. The van der Waals surface area contributed by atoms with Crippen LogP contribution in [0.4, 0.5) is 5.13 Å². The van der Waals surface area contributed by atoms with E-state index in [9.17, 15) is 9.59 Å². The van der Waals surface area contributed by atoms with Gasteiger partial charge in [-0.05, 0) is 49.6 Å². The zero-order chi connectivity index (χ0) is 26.9. The number of nitrogens with one attached hydrogen (secondary N) is 1. The van der Waals surface area contributed by atoms with Gasteiger partial charge in [-0.3, -0.25) is 10.1 Å². The van der Waals surface area contributed by atoms with E-state index in [-0.39, 0.29) is 26.9 Å². The number of methoxy groups -OCH3 is 2. The molecule has 0 saturated carbocycles. The standard InChI is InChI=1S/C26H26Cl2N2O6S/c1-4-36-10-6-8-15-7-5-9-17(23(15)35-3)21-14-37-26(29-21)30-24(31)16-11-19(27)18(20(28)12-16)13-22(34-2)25(32)33/h5,7,9,11-14H,4,6,8,10H2,1-3H3,(H,32,33)(H,29,30,31)/b22-13-. The molecule has 0 radical (unpaired) electrons. The fourth-order valence-corrected chi connectivity index (χ4v) is 4.85. The number of benzene rings is 2. The summed E-state index contributed by atoms with van der Waals surface area (Å²) in [6, 6.07) is 8.68. The number of rotatable bonds is 12. The van der Waals surface area contributed by atoms with Crippen molar-refractivity contribution in [3.63, 3.8) is 0 Å². The third-order valence-corrected chi connectivity index (χ3v) is 6.67. The molecule has 2 aromatic carbocycles. The fraction of sp³-hybridized carbons (Fsp3) is 0.269. The van der Waals surface area contributed by atoms with E-state index in [2.05, 4.69) is 10.3 Å². The predicted octanol–water partition coefficient (Wildman–Crippen LogP) is 6.42. The van der Waals surface area contributed by atoms with Crippen LogP contribution in [0.5, 0.6) is 5.75 Å². The minimum absolute atomic E-state index is 0.0964. The van der Waals surface area contributed by atoms with Crippen molar-refractivity contribution in [3.8, 4) is 17.0 Å². The second-order valence-corrected chi connectivity index (χ2v) is 9.33. The van der Waals surface area contributed by atoms with Crippen molar-refractivity contribution in [1.29, 1.82) is 0 Å². The Morgan fingerprint density at radius 3 is 2.54 bits per heavy atom. The molecule has 1 heterocycles. The molecule has 0 fully saturated rings. The van der Waals surface area contributed by atoms with Gasteiger partial charge in [0.05, 0.1) is 30.0 Å². The molecule has 0 atom stereocenters. The molecule has 196 valence electrons. The first-order chi connectivity index (χ1) is 17.8. The summed E-state index contributed by atoms with van der Waals surface area (Å²) in [5, 5.41) is 14.3. The number of carboxylic acids is 1. The number of halogens is 2. The van der Waals surface area contributed by atoms with Gasteiger partial charge < -0.3 is 19.3 Å². The van der Waals surface area contributed by atoms with Crippen LogP contribution < -0.4 is 10.1 Å². The van der Waals surface area contributed by atoms with E-state index in [1.807, 2.05) is 30.5 Å². The molecule has 0 aliphatic carbocycles. The normalized spacial score (nSPS) is 11.3. The number of anilines is 1. The van der Waals surface area contributed by atoms with Gasteiger partial charge in [-0.25, -0.2) is 9.78 Å². The molecular formula is C26H26Cl2N2O6S. The molecule has 0 unspecified atom stereocenters. The van der Waals surface area contributed by atoms with Gasteiger partial charge in [0.1, 0.15) is 5.75 Å². The number of aryl methyl sites for hydroxylation is 1. The first kappa shape index (κ1) is 28.5. The molecule has 0 spiro atoms. The van der Waals surface area contributed by atoms with Crippen molar-refractivity contribution < 1.29 is 28.9 Å². The summed E-state index contributed by atoms with van der Waals surface area (Å²) in [5.41, 5.74) is 2.95. The van der Waals surface area contributed by atoms with Gasteiger partial charge in [0.2, 0.25) is 5.76 Å². The van der Waals surface area contributed by atoms with Crippen LogP contribution in [0.3, 0.4) is 0 Å². The number of aliphatic carboxylic acids is 1. The lowest BCUT2D eigenvalue weighted by molar-refractivity contribution is -0.135. The number of carbonyl (C=O) groups is 2. The van der Waals surface area contributed by atoms with E-state index >= 15 is 0 Å². The molecule has 2 N–H and O–H groups in total. The van der Waals surface area contributed by atoms with Gasteiger partial charge in [-0.15, -0.1) is 11.3 Å². The van der Waals surface area contributed by atoms with Gasteiger partial charge >= 0.3 is 5.97 Å². The average molecular weight is 565 g/mol. The topological polar surface area (TPSA) is 107 Å². The molecule has 11 heteroatoms. The molecular weight excluding hydrogens is 539 g/mol. The highest BCUT2D eigenvalue weighted by molar-refractivity contribution is 7.14. The summed E-state index contributed by atoms with van der Waals surface area (Å²) in [6.07, 6.45) is 2.87. The van der Waals surface area contributed by atoms with Crippen LogP contribution in [-0.2, 0) is 20.7 Å². The lowest BCUT2D eigenvalue weighted by atomic mass is 10.0. The quantitative estimate of drug-likeness (QED) is 0.148. The maximum atomic E-state index is 12.9. The molecule has 3 aromatic rings. The molecule has 0 saturated heterocycles. The van der Waals surface area contributed by atoms with Crippen LogP contribution >= 0.6 is 34.5 Å². The largest absolute Gasteiger partial charge is 0.496 e. The number of nitrogens with zero attached hydrogens (tertiary/aromatic N) is 1. The number of carboxylic acid groups (broad SMARTS) is 1. The van der Waals surface area contributed by atoms with Gasteiger partial charge in [0.15, 0.2) is 5.13 Å². The molecule has 1 amide bonds. The van der Waals surface area contributed by atoms with Crippen LogP contribution in [0, 0.1) is 0 Å². The Morgan fingerprint density at radius 1 is 1.19 bits per heavy atom. The fourth-order valence-electron chi connectivity index (χ4n) is 3.55. The number of para-hydroxylation sites is 1. The predicted molar refractivity (Wildman–Crippen MR) is 146 cm³/mol. The van der Waals surface area contributed by atoms with E-state index in [4.69, 9.17) is 42.5 Å². The van der Waals surface area contributed by atoms with Crippen LogP contribution in [0.15, 0.2) is 41.5 Å². The lowest BCUT2D eigenvalue weighted by Crippen LogP contribution is -2.12. The number of hydrogen-bond acceptors (Lipinski definition) is 7. The Balaban J connectivity index is 1.79.